The molecule has 22 heavy (non-hydrogen) atoms. The molecule has 2 amide bonds. The first-order chi connectivity index (χ1) is 10.5. The predicted molar refractivity (Wildman–Crippen MR) is 77.0 cm³/mol. The van der Waals surface area contributed by atoms with Gasteiger partial charge in [0, 0.05) is 25.2 Å². The summed E-state index contributed by atoms with van der Waals surface area (Å²) in [5, 5.41) is 23.6. The summed E-state index contributed by atoms with van der Waals surface area (Å²) in [5.74, 6) is 0.216. The number of nitrogens with one attached hydrogen (secondary N) is 2. The van der Waals surface area contributed by atoms with Crippen molar-refractivity contribution < 1.29 is 24.4 Å². The highest BCUT2D eigenvalue weighted by molar-refractivity contribution is 5.70. The first-order valence-electron chi connectivity index (χ1n) is 6.66. The maximum Gasteiger partial charge on any atom is 0.412 e. The van der Waals surface area contributed by atoms with Gasteiger partial charge >= 0.3 is 12.2 Å². The third kappa shape index (κ3) is 7.08. The number of hydrogen-bond donors (Lipinski definition) is 3. The van der Waals surface area contributed by atoms with E-state index in [-0.39, 0.29) is 11.4 Å². The fraction of sp³-hybridized carbons (Fsp3) is 0.385. The third-order valence-electron chi connectivity index (χ3n) is 2.66. The molecular weight excluding hydrogens is 294 g/mol. The van der Waals surface area contributed by atoms with Gasteiger partial charge in [-0.3, -0.25) is 10.1 Å². The van der Waals surface area contributed by atoms with Gasteiger partial charge in [-0.15, -0.1) is 0 Å². The number of carbonyl (C=O) groups is 2. The van der Waals surface area contributed by atoms with Gasteiger partial charge in [0.2, 0.25) is 0 Å². The predicted octanol–water partition coefficient (Wildman–Crippen LogP) is 2.12. The normalized spacial score (nSPS) is 9.82. The van der Waals surface area contributed by atoms with Gasteiger partial charge in [-0.1, -0.05) is 0 Å². The van der Waals surface area contributed by atoms with Crippen molar-refractivity contribution in [3.8, 4) is 5.75 Å². The molecule has 9 heteroatoms. The molecular formula is C13H17N3O6. The minimum absolute atomic E-state index is 0.0808. The number of non-ortho nitro benzene ring substituents is 1. The molecule has 0 aromatic heterocycles. The molecule has 3 N–H and O–H groups in total. The van der Waals surface area contributed by atoms with Gasteiger partial charge in [0.1, 0.15) is 5.75 Å². The van der Waals surface area contributed by atoms with E-state index in [0.29, 0.717) is 25.9 Å². The van der Waals surface area contributed by atoms with Gasteiger partial charge in [-0.05, 0) is 31.4 Å². The average molecular weight is 311 g/mol. The van der Waals surface area contributed by atoms with Gasteiger partial charge in [-0.25, -0.2) is 9.59 Å². The lowest BCUT2D eigenvalue weighted by molar-refractivity contribution is -0.384. The Hall–Kier alpha value is -2.84. The van der Waals surface area contributed by atoms with Crippen molar-refractivity contribution in [1.82, 2.24) is 10.6 Å². The van der Waals surface area contributed by atoms with Crippen molar-refractivity contribution in [2.45, 2.75) is 19.3 Å². The molecule has 0 saturated heterocycles. The van der Waals surface area contributed by atoms with Crippen LogP contribution in [0.3, 0.4) is 0 Å². The molecule has 1 rings (SSSR count). The number of nitro benzene ring substituents is 1. The van der Waals surface area contributed by atoms with E-state index in [0.717, 1.165) is 6.42 Å². The second-order valence-corrected chi connectivity index (χ2v) is 4.36. The van der Waals surface area contributed by atoms with Gasteiger partial charge in [0.15, 0.2) is 0 Å². The standard InChI is InChI=1S/C13H17N3O6/c17-12(18)14-8-2-1-3-9-15-13(19)22-11-6-4-10(5-7-11)16(20)21/h4-7,14H,1-3,8-9H2,(H,15,19)(H,17,18). The minimum atomic E-state index is -1.05. The first-order valence-corrected chi connectivity index (χ1v) is 6.66. The molecule has 0 unspecified atom stereocenters. The summed E-state index contributed by atoms with van der Waals surface area (Å²) >= 11 is 0. The minimum Gasteiger partial charge on any atom is -0.465 e. The zero-order valence-electron chi connectivity index (χ0n) is 11.8. The van der Waals surface area contributed by atoms with Crippen LogP contribution < -0.4 is 15.4 Å². The van der Waals surface area contributed by atoms with E-state index in [1.54, 1.807) is 0 Å². The maximum absolute atomic E-state index is 11.5. The Morgan fingerprint density at radius 3 is 2.23 bits per heavy atom. The van der Waals surface area contributed by atoms with Gasteiger partial charge in [0.05, 0.1) is 4.92 Å². The number of ether oxygens (including phenoxy) is 1. The van der Waals surface area contributed by atoms with Gasteiger partial charge in [0.25, 0.3) is 5.69 Å². The molecule has 0 aliphatic heterocycles. The summed E-state index contributed by atoms with van der Waals surface area (Å²) in [7, 11) is 0. The van der Waals surface area contributed by atoms with E-state index in [1.807, 2.05) is 0 Å². The molecule has 1 aromatic rings. The zero-order valence-corrected chi connectivity index (χ0v) is 11.8. The average Bonchev–Trinajstić information content (AvgIpc) is 2.46. The fourth-order valence-corrected chi connectivity index (χ4v) is 1.59. The monoisotopic (exact) mass is 311 g/mol. The van der Waals surface area contributed by atoms with E-state index in [1.165, 1.54) is 24.3 Å². The van der Waals surface area contributed by atoms with Crippen LogP contribution in [0.5, 0.6) is 5.75 Å². The van der Waals surface area contributed by atoms with Crippen LogP contribution in [0, 0.1) is 10.1 Å². The van der Waals surface area contributed by atoms with Crippen molar-refractivity contribution in [2.75, 3.05) is 13.1 Å². The summed E-state index contributed by atoms with van der Waals surface area (Å²) in [6.45, 7) is 0.779. The van der Waals surface area contributed by atoms with Crippen LogP contribution in [0.15, 0.2) is 24.3 Å². The van der Waals surface area contributed by atoms with Crippen molar-refractivity contribution >= 4 is 17.9 Å². The summed E-state index contributed by atoms with van der Waals surface area (Å²) < 4.78 is 4.95. The zero-order chi connectivity index (χ0) is 16.4. The highest BCUT2D eigenvalue weighted by atomic mass is 16.6. The van der Waals surface area contributed by atoms with E-state index < -0.39 is 17.1 Å². The lowest BCUT2D eigenvalue weighted by atomic mass is 10.2. The number of carboxylic acid groups (broad SMARTS) is 1. The molecule has 120 valence electrons. The van der Waals surface area contributed by atoms with E-state index in [2.05, 4.69) is 10.6 Å². The summed E-state index contributed by atoms with van der Waals surface area (Å²) in [4.78, 5) is 31.6. The quantitative estimate of drug-likeness (QED) is 0.383. The lowest BCUT2D eigenvalue weighted by Crippen LogP contribution is -2.28. The Labute approximate surface area is 126 Å². The summed E-state index contributed by atoms with van der Waals surface area (Å²) in [6.07, 6.45) is 0.447. The van der Waals surface area contributed by atoms with Crippen LogP contribution >= 0.6 is 0 Å². The maximum atomic E-state index is 11.5. The first kappa shape index (κ1) is 17.2. The van der Waals surface area contributed by atoms with Crippen LogP contribution in [0.2, 0.25) is 0 Å². The number of benzene rings is 1. The molecule has 1 aromatic carbocycles. The molecule has 0 spiro atoms. The molecule has 0 saturated carbocycles. The molecule has 0 fully saturated rings. The van der Waals surface area contributed by atoms with Crippen molar-refractivity contribution in [3.05, 3.63) is 34.4 Å². The van der Waals surface area contributed by atoms with E-state index in [4.69, 9.17) is 9.84 Å². The van der Waals surface area contributed by atoms with Crippen LogP contribution in [-0.2, 0) is 0 Å². The van der Waals surface area contributed by atoms with Crippen LogP contribution in [0.1, 0.15) is 19.3 Å². The number of amides is 2. The SMILES string of the molecule is O=C(O)NCCCCCNC(=O)Oc1ccc([N+](=O)[O-])cc1. The van der Waals surface area contributed by atoms with E-state index in [9.17, 15) is 19.7 Å². The van der Waals surface area contributed by atoms with Gasteiger partial charge < -0.3 is 20.5 Å². The number of carbonyl (C=O) groups excluding carboxylic acids is 1. The molecule has 0 radical (unpaired) electrons. The molecule has 0 heterocycles. The lowest BCUT2D eigenvalue weighted by Gasteiger charge is -2.06. The Morgan fingerprint density at radius 1 is 1.09 bits per heavy atom. The number of hydrogen-bond acceptors (Lipinski definition) is 5. The fourth-order valence-electron chi connectivity index (χ4n) is 1.59. The molecule has 0 bridgehead atoms. The number of nitrogens with zero attached hydrogens (tertiary/aromatic N) is 1. The van der Waals surface area contributed by atoms with E-state index >= 15 is 0 Å². The molecule has 0 aliphatic carbocycles. The number of rotatable bonds is 8. The summed E-state index contributed by atoms with van der Waals surface area (Å²) in [5.41, 5.74) is -0.0808. The highest BCUT2D eigenvalue weighted by Gasteiger charge is 2.07. The summed E-state index contributed by atoms with van der Waals surface area (Å²) in [6, 6.07) is 5.18. The van der Waals surface area contributed by atoms with Gasteiger partial charge in [-0.2, -0.15) is 0 Å². The van der Waals surface area contributed by atoms with Crippen molar-refractivity contribution in [3.63, 3.8) is 0 Å². The third-order valence-corrected chi connectivity index (χ3v) is 2.66. The van der Waals surface area contributed by atoms with Crippen molar-refractivity contribution in [2.24, 2.45) is 0 Å². The Morgan fingerprint density at radius 2 is 1.68 bits per heavy atom. The second-order valence-electron chi connectivity index (χ2n) is 4.36. The van der Waals surface area contributed by atoms with Crippen LogP contribution in [-0.4, -0.2) is 35.3 Å². The van der Waals surface area contributed by atoms with Crippen molar-refractivity contribution in [1.29, 1.82) is 0 Å². The Kier molecular flexibility index (Phi) is 7.17. The van der Waals surface area contributed by atoms with Crippen LogP contribution in [0.25, 0.3) is 0 Å². The molecule has 9 nitrogen and oxygen atoms in total. The number of unbranched alkanes of at least 4 members (excludes halogenated alkanes) is 2. The number of nitro groups is 1. The molecule has 0 aliphatic rings. The smallest absolute Gasteiger partial charge is 0.412 e. The molecule has 0 atom stereocenters. The highest BCUT2D eigenvalue weighted by Crippen LogP contribution is 2.17. The largest absolute Gasteiger partial charge is 0.465 e. The topological polar surface area (TPSA) is 131 Å². The second kappa shape index (κ2) is 9.16. The van der Waals surface area contributed by atoms with Crippen LogP contribution in [0.4, 0.5) is 15.3 Å². The Bertz CT molecular complexity index is 517. The Balaban J connectivity index is 2.15.